The Morgan fingerprint density at radius 3 is 2.54 bits per heavy atom. The highest BCUT2D eigenvalue weighted by Crippen LogP contribution is 2.19. The van der Waals surface area contributed by atoms with Gasteiger partial charge in [0.1, 0.15) is 5.82 Å². The van der Waals surface area contributed by atoms with Crippen LogP contribution in [0.25, 0.3) is 16.7 Å². The number of rotatable bonds is 3. The molecule has 1 amide bonds. The molecule has 140 valence electrons. The number of amides is 1. The molecule has 2 N–H and O–H groups in total. The van der Waals surface area contributed by atoms with E-state index >= 15 is 0 Å². The summed E-state index contributed by atoms with van der Waals surface area (Å²) in [7, 11) is 0. The zero-order valence-corrected chi connectivity index (χ0v) is 15.8. The lowest BCUT2D eigenvalue weighted by Gasteiger charge is -2.10. The molecule has 4 aromatic rings. The third-order valence-electron chi connectivity index (χ3n) is 4.67. The lowest BCUT2D eigenvalue weighted by atomic mass is 10.1. The van der Waals surface area contributed by atoms with Gasteiger partial charge in [-0.25, -0.2) is 4.98 Å². The molecule has 7 heteroatoms. The zero-order chi connectivity index (χ0) is 19.8. The van der Waals surface area contributed by atoms with Crippen LogP contribution in [-0.2, 0) is 0 Å². The van der Waals surface area contributed by atoms with Crippen molar-refractivity contribution in [3.63, 3.8) is 0 Å². The number of benzene rings is 2. The molecule has 0 spiro atoms. The van der Waals surface area contributed by atoms with Crippen molar-refractivity contribution in [1.82, 2.24) is 19.7 Å². The predicted molar refractivity (Wildman–Crippen MR) is 108 cm³/mol. The van der Waals surface area contributed by atoms with E-state index in [9.17, 15) is 9.59 Å². The van der Waals surface area contributed by atoms with Gasteiger partial charge < -0.3 is 5.32 Å². The number of carbonyl (C=O) groups excluding carboxylic acids is 1. The monoisotopic (exact) mass is 373 g/mol. The van der Waals surface area contributed by atoms with Gasteiger partial charge in [-0.1, -0.05) is 30.3 Å². The number of hydrogen-bond acceptors (Lipinski definition) is 4. The number of aromatic amines is 1. The lowest BCUT2D eigenvalue weighted by Crippen LogP contribution is -2.20. The fourth-order valence-electron chi connectivity index (χ4n) is 3.00. The number of nitrogens with one attached hydrogen (secondary N) is 2. The molecule has 0 aliphatic carbocycles. The van der Waals surface area contributed by atoms with Crippen LogP contribution in [0.2, 0.25) is 0 Å². The van der Waals surface area contributed by atoms with Crippen molar-refractivity contribution >= 4 is 22.5 Å². The van der Waals surface area contributed by atoms with Crippen molar-refractivity contribution in [2.75, 3.05) is 5.32 Å². The van der Waals surface area contributed by atoms with Gasteiger partial charge in [-0.05, 0) is 43.7 Å². The van der Waals surface area contributed by atoms with E-state index in [1.807, 2.05) is 36.4 Å². The Morgan fingerprint density at radius 1 is 1.04 bits per heavy atom. The molecule has 2 aromatic carbocycles. The number of aromatic nitrogens is 4. The second kappa shape index (κ2) is 6.77. The van der Waals surface area contributed by atoms with E-state index in [1.54, 1.807) is 32.9 Å². The Kier molecular flexibility index (Phi) is 4.27. The number of nitrogens with zero attached hydrogens (tertiary/aromatic N) is 3. The number of H-pyrrole nitrogens is 1. The standard InChI is InChI=1S/C21H19N5O2/c1-12-10-18(26(25-12)21-22-14(3)13(2)19(27)24-21)23-20(28)17-9-8-15-6-4-5-7-16(15)11-17/h4-11H,1-3H3,(H,23,28)(H,22,24,27). The highest BCUT2D eigenvalue weighted by atomic mass is 16.1. The fourth-order valence-corrected chi connectivity index (χ4v) is 3.00. The van der Waals surface area contributed by atoms with Crippen LogP contribution < -0.4 is 10.9 Å². The van der Waals surface area contributed by atoms with Gasteiger partial charge in [0, 0.05) is 22.9 Å². The number of anilines is 1. The summed E-state index contributed by atoms with van der Waals surface area (Å²) in [5.41, 5.74) is 2.15. The molecule has 2 heterocycles. The van der Waals surface area contributed by atoms with Crippen LogP contribution in [0.15, 0.2) is 53.3 Å². The van der Waals surface area contributed by atoms with Gasteiger partial charge in [0.25, 0.3) is 11.5 Å². The largest absolute Gasteiger partial charge is 0.306 e. The molecule has 0 aliphatic heterocycles. The topological polar surface area (TPSA) is 92.7 Å². The normalized spacial score (nSPS) is 11.0. The average molecular weight is 373 g/mol. The summed E-state index contributed by atoms with van der Waals surface area (Å²) in [4.78, 5) is 32.0. The first kappa shape index (κ1) is 17.7. The number of aryl methyl sites for hydroxylation is 2. The SMILES string of the molecule is Cc1cc(NC(=O)c2ccc3ccccc3c2)n(-c2nc(C)c(C)c(=O)[nH]2)n1. The highest BCUT2D eigenvalue weighted by Gasteiger charge is 2.15. The second-order valence-corrected chi connectivity index (χ2v) is 6.70. The maximum Gasteiger partial charge on any atom is 0.256 e. The van der Waals surface area contributed by atoms with Crippen molar-refractivity contribution in [1.29, 1.82) is 0 Å². The third-order valence-corrected chi connectivity index (χ3v) is 4.67. The first-order valence-corrected chi connectivity index (χ1v) is 8.87. The van der Waals surface area contributed by atoms with Gasteiger partial charge >= 0.3 is 0 Å². The van der Waals surface area contributed by atoms with Crippen LogP contribution in [0.1, 0.15) is 27.3 Å². The van der Waals surface area contributed by atoms with E-state index in [-0.39, 0.29) is 17.4 Å². The zero-order valence-electron chi connectivity index (χ0n) is 15.8. The summed E-state index contributed by atoms with van der Waals surface area (Å²) in [6, 6.07) is 15.1. The summed E-state index contributed by atoms with van der Waals surface area (Å²) < 4.78 is 1.43. The molecule has 0 unspecified atom stereocenters. The molecule has 0 radical (unpaired) electrons. The van der Waals surface area contributed by atoms with Gasteiger partial charge in [0.15, 0.2) is 0 Å². The molecule has 0 atom stereocenters. The fraction of sp³-hybridized carbons (Fsp3) is 0.143. The Balaban J connectivity index is 1.70. The van der Waals surface area contributed by atoms with Crippen molar-refractivity contribution in [2.24, 2.45) is 0 Å². The number of carbonyl (C=O) groups is 1. The van der Waals surface area contributed by atoms with Gasteiger partial charge in [-0.3, -0.25) is 14.6 Å². The Morgan fingerprint density at radius 2 is 1.79 bits per heavy atom. The summed E-state index contributed by atoms with van der Waals surface area (Å²) >= 11 is 0. The third kappa shape index (κ3) is 3.18. The van der Waals surface area contributed by atoms with Crippen LogP contribution in [0, 0.1) is 20.8 Å². The molecule has 0 fully saturated rings. The minimum atomic E-state index is -0.266. The summed E-state index contributed by atoms with van der Waals surface area (Å²) in [6.45, 7) is 5.28. The van der Waals surface area contributed by atoms with E-state index < -0.39 is 0 Å². The average Bonchev–Trinajstić information content (AvgIpc) is 3.05. The maximum absolute atomic E-state index is 12.8. The number of fused-ring (bicyclic) bond motifs is 1. The van der Waals surface area contributed by atoms with E-state index in [0.29, 0.717) is 28.3 Å². The van der Waals surface area contributed by atoms with Gasteiger partial charge in [0.2, 0.25) is 5.95 Å². The lowest BCUT2D eigenvalue weighted by molar-refractivity contribution is 0.102. The van der Waals surface area contributed by atoms with E-state index in [2.05, 4.69) is 20.4 Å². The van der Waals surface area contributed by atoms with Gasteiger partial charge in [-0.15, -0.1) is 0 Å². The van der Waals surface area contributed by atoms with Crippen molar-refractivity contribution in [2.45, 2.75) is 20.8 Å². The van der Waals surface area contributed by atoms with E-state index in [0.717, 1.165) is 10.8 Å². The van der Waals surface area contributed by atoms with Crippen LogP contribution in [0.5, 0.6) is 0 Å². The van der Waals surface area contributed by atoms with Crippen LogP contribution >= 0.6 is 0 Å². The Bertz CT molecular complexity index is 1270. The Labute approximate surface area is 161 Å². The van der Waals surface area contributed by atoms with Crippen molar-refractivity contribution in [3.05, 3.63) is 81.4 Å². The second-order valence-electron chi connectivity index (χ2n) is 6.70. The maximum atomic E-state index is 12.8. The van der Waals surface area contributed by atoms with Crippen molar-refractivity contribution in [3.8, 4) is 5.95 Å². The molecule has 0 saturated carbocycles. The summed E-state index contributed by atoms with van der Waals surface area (Å²) in [5, 5.41) is 9.28. The van der Waals surface area contributed by atoms with Crippen LogP contribution in [0.4, 0.5) is 5.82 Å². The van der Waals surface area contributed by atoms with Gasteiger partial charge in [-0.2, -0.15) is 9.78 Å². The number of hydrogen-bond donors (Lipinski definition) is 2. The quantitative estimate of drug-likeness (QED) is 0.576. The molecule has 0 bridgehead atoms. The molecule has 2 aromatic heterocycles. The molecule has 4 rings (SSSR count). The molecular weight excluding hydrogens is 354 g/mol. The summed E-state index contributed by atoms with van der Waals surface area (Å²) in [5.74, 6) is 0.426. The first-order chi connectivity index (χ1) is 13.4. The van der Waals surface area contributed by atoms with E-state index in [4.69, 9.17) is 0 Å². The molecule has 28 heavy (non-hydrogen) atoms. The minimum Gasteiger partial charge on any atom is -0.306 e. The molecule has 0 saturated heterocycles. The first-order valence-electron chi connectivity index (χ1n) is 8.87. The summed E-state index contributed by atoms with van der Waals surface area (Å²) in [6.07, 6.45) is 0. The van der Waals surface area contributed by atoms with Crippen LogP contribution in [-0.4, -0.2) is 25.7 Å². The van der Waals surface area contributed by atoms with E-state index in [1.165, 1.54) is 4.68 Å². The van der Waals surface area contributed by atoms with Gasteiger partial charge in [0.05, 0.1) is 5.69 Å². The minimum absolute atomic E-state index is 0.234. The van der Waals surface area contributed by atoms with Crippen LogP contribution in [0.3, 0.4) is 0 Å². The molecular formula is C21H19N5O2. The Hall–Kier alpha value is -3.74. The van der Waals surface area contributed by atoms with Crippen molar-refractivity contribution < 1.29 is 4.79 Å². The predicted octanol–water partition coefficient (Wildman–Crippen LogP) is 3.29. The molecule has 0 aliphatic rings. The molecule has 7 nitrogen and oxygen atoms in total. The smallest absolute Gasteiger partial charge is 0.256 e. The highest BCUT2D eigenvalue weighted by molar-refractivity contribution is 6.06.